The van der Waals surface area contributed by atoms with Crippen molar-refractivity contribution in [2.45, 2.75) is 19.4 Å². The van der Waals surface area contributed by atoms with Crippen LogP contribution in [0.15, 0.2) is 54.6 Å². The molecule has 2 N–H and O–H groups in total. The Labute approximate surface area is 131 Å². The Morgan fingerprint density at radius 1 is 1.18 bits per heavy atom. The highest BCUT2D eigenvalue weighted by molar-refractivity contribution is 5.90. The highest BCUT2D eigenvalue weighted by Crippen LogP contribution is 2.22. The SMILES string of the molecule is C[C@@H](c1cccc(O)c1)N(C)CCC(=O)Nc1ccccc1. The van der Waals surface area contributed by atoms with Gasteiger partial charge in [0.1, 0.15) is 5.75 Å². The fraction of sp³-hybridized carbons (Fsp3) is 0.278. The molecule has 0 unspecified atom stereocenters. The number of nitrogens with one attached hydrogen (secondary N) is 1. The molecule has 0 heterocycles. The van der Waals surface area contributed by atoms with Gasteiger partial charge < -0.3 is 10.4 Å². The second-order valence-electron chi connectivity index (χ2n) is 5.42. The summed E-state index contributed by atoms with van der Waals surface area (Å²) in [6.45, 7) is 2.71. The lowest BCUT2D eigenvalue weighted by atomic mass is 10.1. The Morgan fingerprint density at radius 3 is 2.59 bits per heavy atom. The van der Waals surface area contributed by atoms with Gasteiger partial charge in [-0.15, -0.1) is 0 Å². The van der Waals surface area contributed by atoms with E-state index in [-0.39, 0.29) is 17.7 Å². The van der Waals surface area contributed by atoms with Crippen LogP contribution in [0.1, 0.15) is 24.9 Å². The number of hydrogen-bond acceptors (Lipinski definition) is 3. The van der Waals surface area contributed by atoms with E-state index in [0.717, 1.165) is 11.3 Å². The third-order valence-corrected chi connectivity index (χ3v) is 3.76. The summed E-state index contributed by atoms with van der Waals surface area (Å²) in [7, 11) is 1.98. The molecule has 0 bridgehead atoms. The van der Waals surface area contributed by atoms with E-state index in [2.05, 4.69) is 17.1 Å². The normalized spacial score (nSPS) is 12.1. The molecule has 0 aliphatic heterocycles. The van der Waals surface area contributed by atoms with Gasteiger partial charge in [0.05, 0.1) is 0 Å². The minimum absolute atomic E-state index is 0.00107. The molecule has 22 heavy (non-hydrogen) atoms. The lowest BCUT2D eigenvalue weighted by Crippen LogP contribution is -2.27. The number of para-hydroxylation sites is 1. The number of anilines is 1. The van der Waals surface area contributed by atoms with Crippen molar-refractivity contribution in [3.8, 4) is 5.75 Å². The number of aromatic hydroxyl groups is 1. The van der Waals surface area contributed by atoms with Gasteiger partial charge in [-0.05, 0) is 43.8 Å². The number of amides is 1. The molecule has 0 aromatic heterocycles. The predicted octanol–water partition coefficient (Wildman–Crippen LogP) is 3.41. The molecule has 0 aliphatic carbocycles. The van der Waals surface area contributed by atoms with Crippen LogP contribution in [0.25, 0.3) is 0 Å². The maximum absolute atomic E-state index is 12.0. The van der Waals surface area contributed by atoms with Gasteiger partial charge >= 0.3 is 0 Å². The molecule has 0 saturated carbocycles. The number of carbonyl (C=O) groups excluding carboxylic acids is 1. The molecular formula is C18H22N2O2. The van der Waals surface area contributed by atoms with Gasteiger partial charge in [0.25, 0.3) is 0 Å². The van der Waals surface area contributed by atoms with Gasteiger partial charge in [-0.25, -0.2) is 0 Å². The summed E-state index contributed by atoms with van der Waals surface area (Å²) < 4.78 is 0. The van der Waals surface area contributed by atoms with E-state index < -0.39 is 0 Å². The lowest BCUT2D eigenvalue weighted by molar-refractivity contribution is -0.116. The van der Waals surface area contributed by atoms with Crippen LogP contribution in [0.2, 0.25) is 0 Å². The van der Waals surface area contributed by atoms with Crippen molar-refractivity contribution in [3.63, 3.8) is 0 Å². The second kappa shape index (κ2) is 7.61. The maximum atomic E-state index is 12.0. The predicted molar refractivity (Wildman–Crippen MR) is 88.8 cm³/mol. The topological polar surface area (TPSA) is 52.6 Å². The summed E-state index contributed by atoms with van der Waals surface area (Å²) >= 11 is 0. The monoisotopic (exact) mass is 298 g/mol. The standard InChI is InChI=1S/C18H22N2O2/c1-14(15-7-6-10-17(21)13-15)20(2)12-11-18(22)19-16-8-4-3-5-9-16/h3-10,13-14,21H,11-12H2,1-2H3,(H,19,22)/t14-/m0/s1. The van der Waals surface area contributed by atoms with Gasteiger partial charge in [0.2, 0.25) is 5.91 Å². The summed E-state index contributed by atoms with van der Waals surface area (Å²) in [4.78, 5) is 14.0. The quantitative estimate of drug-likeness (QED) is 0.859. The Hall–Kier alpha value is -2.33. The molecule has 0 aliphatic rings. The van der Waals surface area contributed by atoms with Crippen LogP contribution in [-0.4, -0.2) is 29.5 Å². The molecule has 0 saturated heterocycles. The van der Waals surface area contributed by atoms with Crippen LogP contribution in [-0.2, 0) is 4.79 Å². The van der Waals surface area contributed by atoms with E-state index in [1.807, 2.05) is 49.5 Å². The number of phenolic OH excluding ortho intramolecular Hbond substituents is 1. The van der Waals surface area contributed by atoms with Crippen molar-refractivity contribution in [1.82, 2.24) is 4.90 Å². The number of carbonyl (C=O) groups is 1. The molecular weight excluding hydrogens is 276 g/mol. The van der Waals surface area contributed by atoms with E-state index in [4.69, 9.17) is 0 Å². The zero-order valence-corrected chi connectivity index (χ0v) is 13.0. The Kier molecular flexibility index (Phi) is 5.55. The second-order valence-corrected chi connectivity index (χ2v) is 5.42. The molecule has 0 radical (unpaired) electrons. The van der Waals surface area contributed by atoms with Crippen molar-refractivity contribution in [2.24, 2.45) is 0 Å². The van der Waals surface area contributed by atoms with Crippen LogP contribution in [0, 0.1) is 0 Å². The van der Waals surface area contributed by atoms with Crippen LogP contribution >= 0.6 is 0 Å². The van der Waals surface area contributed by atoms with Gasteiger partial charge in [0.15, 0.2) is 0 Å². The molecule has 1 atom stereocenters. The van der Waals surface area contributed by atoms with Crippen molar-refractivity contribution in [1.29, 1.82) is 0 Å². The first kappa shape index (κ1) is 16.0. The van der Waals surface area contributed by atoms with Gasteiger partial charge in [0, 0.05) is 24.7 Å². The summed E-state index contributed by atoms with van der Waals surface area (Å²) in [5, 5.41) is 12.4. The average molecular weight is 298 g/mol. The van der Waals surface area contributed by atoms with Crippen LogP contribution in [0.5, 0.6) is 5.75 Å². The van der Waals surface area contributed by atoms with Crippen molar-refractivity contribution >= 4 is 11.6 Å². The van der Waals surface area contributed by atoms with E-state index in [9.17, 15) is 9.90 Å². The van der Waals surface area contributed by atoms with Crippen LogP contribution < -0.4 is 5.32 Å². The molecule has 2 aromatic carbocycles. The minimum atomic E-state index is 0.00107. The van der Waals surface area contributed by atoms with Crippen molar-refractivity contribution in [2.75, 3.05) is 18.9 Å². The molecule has 1 amide bonds. The molecule has 116 valence electrons. The Balaban J connectivity index is 1.84. The average Bonchev–Trinajstić information content (AvgIpc) is 2.53. The fourth-order valence-electron chi connectivity index (χ4n) is 2.26. The number of nitrogens with zero attached hydrogens (tertiary/aromatic N) is 1. The third kappa shape index (κ3) is 4.60. The fourth-order valence-corrected chi connectivity index (χ4v) is 2.26. The first-order valence-electron chi connectivity index (χ1n) is 7.40. The van der Waals surface area contributed by atoms with Crippen LogP contribution in [0.3, 0.4) is 0 Å². The molecule has 2 aromatic rings. The smallest absolute Gasteiger partial charge is 0.225 e. The number of benzene rings is 2. The third-order valence-electron chi connectivity index (χ3n) is 3.76. The molecule has 0 fully saturated rings. The molecule has 4 heteroatoms. The largest absolute Gasteiger partial charge is 0.508 e. The summed E-state index contributed by atoms with van der Waals surface area (Å²) in [5.74, 6) is 0.265. The Morgan fingerprint density at radius 2 is 1.91 bits per heavy atom. The number of phenols is 1. The van der Waals surface area contributed by atoms with E-state index in [1.54, 1.807) is 12.1 Å². The summed E-state index contributed by atoms with van der Waals surface area (Å²) in [6, 6.07) is 16.8. The summed E-state index contributed by atoms with van der Waals surface area (Å²) in [5.41, 5.74) is 1.85. The van der Waals surface area contributed by atoms with Gasteiger partial charge in [-0.3, -0.25) is 9.69 Å². The number of rotatable bonds is 6. The summed E-state index contributed by atoms with van der Waals surface area (Å²) in [6.07, 6.45) is 0.425. The maximum Gasteiger partial charge on any atom is 0.225 e. The molecule has 2 rings (SSSR count). The van der Waals surface area contributed by atoms with Crippen molar-refractivity contribution in [3.05, 3.63) is 60.2 Å². The first-order valence-corrected chi connectivity index (χ1v) is 7.40. The molecule has 4 nitrogen and oxygen atoms in total. The Bertz CT molecular complexity index is 613. The van der Waals surface area contributed by atoms with E-state index >= 15 is 0 Å². The first-order chi connectivity index (χ1) is 10.6. The number of hydrogen-bond donors (Lipinski definition) is 2. The lowest BCUT2D eigenvalue weighted by Gasteiger charge is -2.25. The zero-order valence-electron chi connectivity index (χ0n) is 13.0. The van der Waals surface area contributed by atoms with E-state index in [1.165, 1.54) is 0 Å². The van der Waals surface area contributed by atoms with Gasteiger partial charge in [-0.1, -0.05) is 30.3 Å². The molecule has 0 spiro atoms. The minimum Gasteiger partial charge on any atom is -0.508 e. The highest BCUT2D eigenvalue weighted by atomic mass is 16.3. The zero-order chi connectivity index (χ0) is 15.9. The van der Waals surface area contributed by atoms with E-state index in [0.29, 0.717) is 13.0 Å². The van der Waals surface area contributed by atoms with Gasteiger partial charge in [-0.2, -0.15) is 0 Å². The van der Waals surface area contributed by atoms with Crippen LogP contribution in [0.4, 0.5) is 5.69 Å². The highest BCUT2D eigenvalue weighted by Gasteiger charge is 2.13. The van der Waals surface area contributed by atoms with Crippen molar-refractivity contribution < 1.29 is 9.90 Å².